The van der Waals surface area contributed by atoms with Crippen molar-refractivity contribution in [2.24, 2.45) is 5.92 Å². The maximum Gasteiger partial charge on any atom is 0.363 e. The van der Waals surface area contributed by atoms with Gasteiger partial charge in [0.2, 0.25) is 12.3 Å². The van der Waals surface area contributed by atoms with Gasteiger partial charge in [-0.1, -0.05) is 69.5 Å². The zero-order chi connectivity index (χ0) is 46.7. The number of hydrogen-bond acceptors (Lipinski definition) is 13. The Morgan fingerprint density at radius 2 is 1.60 bits per heavy atom. The van der Waals surface area contributed by atoms with Crippen LogP contribution in [0.1, 0.15) is 103 Å². The summed E-state index contributed by atoms with van der Waals surface area (Å²) < 4.78 is 18.7. The van der Waals surface area contributed by atoms with Crippen molar-refractivity contribution in [3.63, 3.8) is 0 Å². The minimum Gasteiger partial charge on any atom is -0.493 e. The average Bonchev–Trinajstić information content (AvgIpc) is 4.04. The molecule has 0 aliphatic heterocycles. The molecule has 0 unspecified atom stereocenters. The number of amides is 4. The fourth-order valence-electron chi connectivity index (χ4n) is 6.90. The van der Waals surface area contributed by atoms with Crippen LogP contribution in [0.3, 0.4) is 0 Å². The number of aromatic nitrogens is 3. The lowest BCUT2D eigenvalue weighted by Crippen LogP contribution is -2.49. The Morgan fingerprint density at radius 1 is 0.862 bits per heavy atom. The molecule has 3 aromatic carbocycles. The molecule has 5 rings (SSSR count). The molecule has 65 heavy (non-hydrogen) atoms. The van der Waals surface area contributed by atoms with E-state index in [0.29, 0.717) is 30.5 Å². The Labute approximate surface area is 376 Å². The molecule has 0 spiro atoms. The molecule has 342 valence electrons. The zero-order valence-corrected chi connectivity index (χ0v) is 36.7. The molecule has 5 aromatic rings. The molecule has 0 saturated heterocycles. The fraction of sp³-hybridized carbons (Fsp3) is 0.340. The van der Waals surface area contributed by atoms with Crippen LogP contribution < -0.4 is 20.7 Å². The number of benzene rings is 3. The van der Waals surface area contributed by atoms with E-state index in [1.807, 2.05) is 13.0 Å². The van der Waals surface area contributed by atoms with Gasteiger partial charge in [0, 0.05) is 17.7 Å². The molecule has 3 N–H and O–H groups in total. The molecule has 0 saturated carbocycles. The lowest BCUT2D eigenvalue weighted by molar-refractivity contribution is -0.171. The second-order valence-corrected chi connectivity index (χ2v) is 14.9. The number of unbranched alkanes of at least 4 members (excludes halogenated alkanes) is 2. The Balaban J connectivity index is 1.20. The highest BCUT2D eigenvalue weighted by Crippen LogP contribution is 2.30. The second-order valence-electron chi connectivity index (χ2n) is 14.9. The van der Waals surface area contributed by atoms with Crippen LogP contribution in [0.25, 0.3) is 17.0 Å². The van der Waals surface area contributed by atoms with Gasteiger partial charge >= 0.3 is 11.9 Å². The molecular formula is C47H53N7O11. The maximum absolute atomic E-state index is 13.7. The largest absolute Gasteiger partial charge is 0.493 e. The van der Waals surface area contributed by atoms with Crippen LogP contribution >= 0.6 is 0 Å². The summed E-state index contributed by atoms with van der Waals surface area (Å²) in [6, 6.07) is 21.0. The SMILES string of the molecule is CCCCC[C@@H](C(=O)NCNC(=O)c1ccc(-c2ccc(C(=O)N[C@@H](CC(C)=O)C(=O)OCc3ccccc3)c(OCC)c2)o1)[C@@H](CC)N(C=O)OC(=O)c1ccc(-n2cnnc2)cc1. The van der Waals surface area contributed by atoms with E-state index >= 15 is 0 Å². The van der Waals surface area contributed by atoms with Gasteiger partial charge in [-0.3, -0.25) is 28.5 Å². The van der Waals surface area contributed by atoms with Crippen molar-refractivity contribution in [2.45, 2.75) is 84.9 Å². The monoisotopic (exact) mass is 891 g/mol. The van der Waals surface area contributed by atoms with Crippen LogP contribution in [-0.4, -0.2) is 87.0 Å². The molecule has 0 bridgehead atoms. The number of Topliss-reactive ketones (excluding diaryl/α,β-unsaturated/α-hetero) is 1. The predicted octanol–water partition coefficient (Wildman–Crippen LogP) is 5.76. The lowest BCUT2D eigenvalue weighted by atomic mass is 9.90. The molecule has 18 nitrogen and oxygen atoms in total. The lowest BCUT2D eigenvalue weighted by Gasteiger charge is -2.31. The number of ether oxygens (including phenoxy) is 2. The highest BCUT2D eigenvalue weighted by molar-refractivity contribution is 6.00. The molecule has 0 aliphatic carbocycles. The van der Waals surface area contributed by atoms with Crippen LogP contribution in [0.15, 0.2) is 102 Å². The molecule has 3 atom stereocenters. The number of ketones is 1. The van der Waals surface area contributed by atoms with Crippen LogP contribution in [0.4, 0.5) is 0 Å². The van der Waals surface area contributed by atoms with E-state index < -0.39 is 47.7 Å². The highest BCUT2D eigenvalue weighted by atomic mass is 16.7. The van der Waals surface area contributed by atoms with E-state index in [2.05, 4.69) is 26.1 Å². The Hall–Kier alpha value is -7.63. The third kappa shape index (κ3) is 13.7. The fourth-order valence-corrected chi connectivity index (χ4v) is 6.90. The summed E-state index contributed by atoms with van der Waals surface area (Å²) in [5, 5.41) is 16.4. The maximum atomic E-state index is 13.7. The number of nitrogens with one attached hydrogen (secondary N) is 3. The van der Waals surface area contributed by atoms with Crippen molar-refractivity contribution in [3.8, 4) is 22.8 Å². The third-order valence-electron chi connectivity index (χ3n) is 10.2. The van der Waals surface area contributed by atoms with E-state index in [1.165, 1.54) is 43.8 Å². The topological polar surface area (TPSA) is 230 Å². The van der Waals surface area contributed by atoms with Gasteiger partial charge in [-0.2, -0.15) is 5.06 Å². The number of hydroxylamine groups is 2. The van der Waals surface area contributed by atoms with Gasteiger partial charge in [0.25, 0.3) is 11.8 Å². The molecule has 0 fully saturated rings. The summed E-state index contributed by atoms with van der Waals surface area (Å²) >= 11 is 0. The van der Waals surface area contributed by atoms with E-state index in [-0.39, 0.29) is 66.9 Å². The van der Waals surface area contributed by atoms with Crippen molar-refractivity contribution < 1.29 is 52.3 Å². The number of furan rings is 1. The van der Waals surface area contributed by atoms with Crippen molar-refractivity contribution in [1.82, 2.24) is 35.8 Å². The van der Waals surface area contributed by atoms with E-state index in [4.69, 9.17) is 18.7 Å². The number of carbonyl (C=O) groups excluding carboxylic acids is 7. The molecule has 0 radical (unpaired) electrons. The number of rotatable bonds is 25. The first-order chi connectivity index (χ1) is 31.5. The first kappa shape index (κ1) is 48.4. The van der Waals surface area contributed by atoms with E-state index in [0.717, 1.165) is 23.5 Å². The summed E-state index contributed by atoms with van der Waals surface area (Å²) in [4.78, 5) is 96.4. The van der Waals surface area contributed by atoms with Gasteiger partial charge in [0.05, 0.1) is 36.4 Å². The standard InChI is InChI=1S/C47H53N7O11/c1-5-8-10-15-36(39(6-2)54(30-55)65-46(60)33-16-19-35(20-17-33)53-28-50-51-29-53)43(57)48-27-49-45(59)41-23-22-40(64-41)34-18-21-37(42(25-34)62-7-3)44(58)52-38(24-31(4)56)47(61)63-26-32-13-11-9-12-14-32/h9,11-14,16-23,25,28-30,36,38-39H,5-8,10,15,24,26-27H2,1-4H3,(H,48,57)(H,49,59)(H,52,58)/t36-,38+,39-/m1/s1. The summed E-state index contributed by atoms with van der Waals surface area (Å²) in [6.45, 7) is 6.71. The minimum atomic E-state index is -1.24. The van der Waals surface area contributed by atoms with Gasteiger partial charge in [-0.25, -0.2) is 9.59 Å². The Bertz CT molecular complexity index is 2380. The van der Waals surface area contributed by atoms with Gasteiger partial charge in [-0.15, -0.1) is 10.2 Å². The average molecular weight is 892 g/mol. The van der Waals surface area contributed by atoms with Crippen molar-refractivity contribution in [2.75, 3.05) is 13.3 Å². The molecule has 2 heterocycles. The summed E-state index contributed by atoms with van der Waals surface area (Å²) in [5.74, 6) is -4.08. The summed E-state index contributed by atoms with van der Waals surface area (Å²) in [5.41, 5.74) is 2.19. The van der Waals surface area contributed by atoms with Gasteiger partial charge in [0.1, 0.15) is 42.6 Å². The number of esters is 1. The normalized spacial score (nSPS) is 12.2. The Morgan fingerprint density at radius 3 is 2.26 bits per heavy atom. The first-order valence-corrected chi connectivity index (χ1v) is 21.3. The predicted molar refractivity (Wildman–Crippen MR) is 235 cm³/mol. The van der Waals surface area contributed by atoms with Crippen LogP contribution in [0, 0.1) is 5.92 Å². The van der Waals surface area contributed by atoms with Crippen molar-refractivity contribution in [1.29, 1.82) is 0 Å². The number of nitrogens with zero attached hydrogens (tertiary/aromatic N) is 4. The highest BCUT2D eigenvalue weighted by Gasteiger charge is 2.34. The Kier molecular flexibility index (Phi) is 18.1. The molecule has 18 heteroatoms. The van der Waals surface area contributed by atoms with Crippen LogP contribution in [0.5, 0.6) is 5.75 Å². The molecule has 0 aliphatic rings. The number of hydrogen-bond donors (Lipinski definition) is 3. The van der Waals surface area contributed by atoms with E-state index in [1.54, 1.807) is 73.0 Å². The smallest absolute Gasteiger partial charge is 0.363 e. The van der Waals surface area contributed by atoms with Gasteiger partial charge in [-0.05, 0) is 80.8 Å². The van der Waals surface area contributed by atoms with Crippen LogP contribution in [-0.2, 0) is 35.4 Å². The zero-order valence-electron chi connectivity index (χ0n) is 36.7. The quantitative estimate of drug-likeness (QED) is 0.0209. The summed E-state index contributed by atoms with van der Waals surface area (Å²) in [6.07, 6.45) is 6.16. The second kappa shape index (κ2) is 24.3. The first-order valence-electron chi connectivity index (χ1n) is 21.3. The van der Waals surface area contributed by atoms with E-state index in [9.17, 15) is 33.6 Å². The van der Waals surface area contributed by atoms with Crippen LogP contribution in [0.2, 0.25) is 0 Å². The molecule has 4 amide bonds. The number of carbonyl (C=O) groups is 7. The minimum absolute atomic E-state index is 0.0357. The van der Waals surface area contributed by atoms with Gasteiger partial charge < -0.3 is 34.7 Å². The van der Waals surface area contributed by atoms with Gasteiger partial charge in [0.15, 0.2) is 5.76 Å². The molecular weight excluding hydrogens is 839 g/mol. The van der Waals surface area contributed by atoms with Crippen molar-refractivity contribution in [3.05, 3.63) is 120 Å². The third-order valence-corrected chi connectivity index (χ3v) is 10.2. The molecule has 2 aromatic heterocycles. The van der Waals surface area contributed by atoms with Crippen molar-refractivity contribution >= 4 is 41.9 Å². The summed E-state index contributed by atoms with van der Waals surface area (Å²) in [7, 11) is 0.